The van der Waals surface area contributed by atoms with Crippen LogP contribution in [0.15, 0.2) is 28.8 Å². The number of benzene rings is 1. The van der Waals surface area contributed by atoms with Gasteiger partial charge in [0.2, 0.25) is 11.8 Å². The lowest BCUT2D eigenvalue weighted by Gasteiger charge is -2.34. The summed E-state index contributed by atoms with van der Waals surface area (Å²) < 4.78 is 5.18. The lowest BCUT2D eigenvalue weighted by molar-refractivity contribution is -0.132. The van der Waals surface area contributed by atoms with Crippen molar-refractivity contribution in [3.05, 3.63) is 47.1 Å². The Hall–Kier alpha value is -2.70. The van der Waals surface area contributed by atoms with Crippen molar-refractivity contribution in [3.63, 3.8) is 0 Å². The van der Waals surface area contributed by atoms with Gasteiger partial charge in [0, 0.05) is 51.0 Å². The van der Waals surface area contributed by atoms with Crippen molar-refractivity contribution < 1.29 is 14.1 Å². The minimum atomic E-state index is 0.0315. The normalized spacial score (nSPS) is 14.4. The molecule has 0 spiro atoms. The van der Waals surface area contributed by atoms with Gasteiger partial charge in [0.1, 0.15) is 0 Å². The molecule has 2 aromatic rings. The number of rotatable bonds is 7. The van der Waals surface area contributed by atoms with E-state index < -0.39 is 0 Å². The van der Waals surface area contributed by atoms with Crippen molar-refractivity contribution in [3.8, 4) is 0 Å². The second kappa shape index (κ2) is 9.48. The first-order chi connectivity index (χ1) is 13.6. The number of carbonyl (C=O) groups is 2. The van der Waals surface area contributed by atoms with Gasteiger partial charge >= 0.3 is 0 Å². The molecule has 1 aromatic carbocycles. The Kier molecular flexibility index (Phi) is 6.79. The molecule has 2 amide bonds. The second-order valence-corrected chi connectivity index (χ2v) is 7.08. The van der Waals surface area contributed by atoms with E-state index in [0.29, 0.717) is 56.3 Å². The average molecular weight is 384 g/mol. The molecule has 150 valence electrons. The summed E-state index contributed by atoms with van der Waals surface area (Å²) in [6, 6.07) is 7.76. The highest BCUT2D eigenvalue weighted by Gasteiger charge is 2.25. The van der Waals surface area contributed by atoms with Crippen molar-refractivity contribution in [1.82, 2.24) is 19.9 Å². The predicted molar refractivity (Wildman–Crippen MR) is 105 cm³/mol. The molecule has 0 N–H and O–H groups in total. The first-order valence-corrected chi connectivity index (χ1v) is 10.1. The van der Waals surface area contributed by atoms with Crippen LogP contribution in [0.1, 0.15) is 54.3 Å². The Morgan fingerprint density at radius 3 is 2.32 bits per heavy atom. The number of aromatic nitrogens is 2. The van der Waals surface area contributed by atoms with Crippen molar-refractivity contribution >= 4 is 11.8 Å². The number of aryl methyl sites for hydroxylation is 3. The number of piperazine rings is 1. The van der Waals surface area contributed by atoms with Crippen LogP contribution in [0.2, 0.25) is 0 Å². The zero-order valence-corrected chi connectivity index (χ0v) is 16.7. The molecule has 1 aliphatic rings. The molecule has 0 atom stereocenters. The van der Waals surface area contributed by atoms with E-state index in [0.717, 1.165) is 19.3 Å². The average Bonchev–Trinajstić information content (AvgIpc) is 3.19. The first kappa shape index (κ1) is 20.0. The number of carbonyl (C=O) groups excluding carboxylic acids is 2. The number of nitrogens with zero attached hydrogens (tertiary/aromatic N) is 4. The van der Waals surface area contributed by atoms with Crippen LogP contribution in [0.4, 0.5) is 0 Å². The van der Waals surface area contributed by atoms with Crippen LogP contribution in [0.25, 0.3) is 0 Å². The van der Waals surface area contributed by atoms with Gasteiger partial charge in [0.25, 0.3) is 5.91 Å². The summed E-state index contributed by atoms with van der Waals surface area (Å²) in [7, 11) is 0. The van der Waals surface area contributed by atoms with Crippen LogP contribution in [0, 0.1) is 0 Å². The number of hydrogen-bond donors (Lipinski definition) is 0. The van der Waals surface area contributed by atoms with E-state index in [9.17, 15) is 9.59 Å². The molecule has 0 saturated carbocycles. The molecule has 0 unspecified atom stereocenters. The Morgan fingerprint density at radius 2 is 1.68 bits per heavy atom. The quantitative estimate of drug-likeness (QED) is 0.733. The third-order valence-corrected chi connectivity index (χ3v) is 5.07. The number of amides is 2. The van der Waals surface area contributed by atoms with E-state index >= 15 is 0 Å². The lowest BCUT2D eigenvalue weighted by Crippen LogP contribution is -2.50. The summed E-state index contributed by atoms with van der Waals surface area (Å²) in [4.78, 5) is 33.0. The lowest BCUT2D eigenvalue weighted by atomic mass is 10.1. The van der Waals surface area contributed by atoms with Gasteiger partial charge in [-0.3, -0.25) is 9.59 Å². The Morgan fingerprint density at radius 1 is 1.00 bits per heavy atom. The Labute approximate surface area is 165 Å². The Balaban J connectivity index is 1.45. The summed E-state index contributed by atoms with van der Waals surface area (Å²) in [5.41, 5.74) is 1.92. The number of hydrogen-bond acceptors (Lipinski definition) is 5. The van der Waals surface area contributed by atoms with E-state index in [1.165, 1.54) is 5.56 Å². The molecule has 0 aliphatic carbocycles. The summed E-state index contributed by atoms with van der Waals surface area (Å²) in [6.07, 6.45) is 3.51. The maximum atomic E-state index is 12.6. The summed E-state index contributed by atoms with van der Waals surface area (Å²) >= 11 is 0. The fourth-order valence-corrected chi connectivity index (χ4v) is 3.31. The van der Waals surface area contributed by atoms with E-state index in [1.54, 1.807) is 0 Å². The monoisotopic (exact) mass is 384 g/mol. The van der Waals surface area contributed by atoms with Gasteiger partial charge in [-0.2, -0.15) is 4.98 Å². The van der Waals surface area contributed by atoms with E-state index in [1.807, 2.05) is 34.1 Å². The van der Waals surface area contributed by atoms with Gasteiger partial charge in [-0.1, -0.05) is 31.1 Å². The highest BCUT2D eigenvalue weighted by atomic mass is 16.5. The fraction of sp³-hybridized carbons (Fsp3) is 0.524. The highest BCUT2D eigenvalue weighted by Crippen LogP contribution is 2.12. The van der Waals surface area contributed by atoms with Crippen LogP contribution < -0.4 is 0 Å². The SMILES string of the molecule is CCCc1noc(CCC(=O)N2CCN(C(=O)c3ccc(CC)cc3)CC2)n1. The van der Waals surface area contributed by atoms with Gasteiger partial charge in [-0.25, -0.2) is 0 Å². The molecule has 7 nitrogen and oxygen atoms in total. The van der Waals surface area contributed by atoms with Crippen molar-refractivity contribution in [2.24, 2.45) is 0 Å². The molecule has 0 radical (unpaired) electrons. The zero-order chi connectivity index (χ0) is 19.9. The second-order valence-electron chi connectivity index (χ2n) is 7.08. The van der Waals surface area contributed by atoms with Gasteiger partial charge in [-0.05, 0) is 30.5 Å². The molecular weight excluding hydrogens is 356 g/mol. The van der Waals surface area contributed by atoms with E-state index in [-0.39, 0.29) is 11.8 Å². The van der Waals surface area contributed by atoms with Gasteiger partial charge in [0.15, 0.2) is 5.82 Å². The van der Waals surface area contributed by atoms with Crippen LogP contribution in [0.5, 0.6) is 0 Å². The molecule has 28 heavy (non-hydrogen) atoms. The third kappa shape index (κ3) is 4.97. The van der Waals surface area contributed by atoms with Crippen LogP contribution in [-0.4, -0.2) is 57.9 Å². The van der Waals surface area contributed by atoms with Gasteiger partial charge < -0.3 is 14.3 Å². The standard InChI is InChI=1S/C21H28N4O3/c1-3-5-18-22-19(28-23-18)10-11-20(26)24-12-14-25(15-13-24)21(27)17-8-6-16(4-2)7-9-17/h6-9H,3-5,10-15H2,1-2H3. The minimum absolute atomic E-state index is 0.0315. The molecule has 1 aliphatic heterocycles. The van der Waals surface area contributed by atoms with Gasteiger partial charge in [0.05, 0.1) is 0 Å². The minimum Gasteiger partial charge on any atom is -0.339 e. The highest BCUT2D eigenvalue weighted by molar-refractivity contribution is 5.94. The molecule has 0 bridgehead atoms. The molecule has 7 heteroatoms. The zero-order valence-electron chi connectivity index (χ0n) is 16.7. The van der Waals surface area contributed by atoms with Crippen molar-refractivity contribution in [1.29, 1.82) is 0 Å². The molecule has 3 rings (SSSR count). The van der Waals surface area contributed by atoms with Crippen LogP contribution >= 0.6 is 0 Å². The van der Waals surface area contributed by atoms with Crippen LogP contribution in [-0.2, 0) is 24.1 Å². The molecular formula is C21H28N4O3. The van der Waals surface area contributed by atoms with Gasteiger partial charge in [-0.15, -0.1) is 0 Å². The molecule has 1 aromatic heterocycles. The maximum absolute atomic E-state index is 12.6. The van der Waals surface area contributed by atoms with E-state index in [2.05, 4.69) is 24.0 Å². The topological polar surface area (TPSA) is 79.5 Å². The summed E-state index contributed by atoms with van der Waals surface area (Å²) in [5.74, 6) is 1.31. The third-order valence-electron chi connectivity index (χ3n) is 5.07. The largest absolute Gasteiger partial charge is 0.339 e. The van der Waals surface area contributed by atoms with E-state index in [4.69, 9.17) is 4.52 Å². The first-order valence-electron chi connectivity index (χ1n) is 10.1. The maximum Gasteiger partial charge on any atom is 0.253 e. The molecule has 1 saturated heterocycles. The Bertz CT molecular complexity index is 792. The fourth-order valence-electron chi connectivity index (χ4n) is 3.31. The molecule has 2 heterocycles. The van der Waals surface area contributed by atoms with Crippen LogP contribution in [0.3, 0.4) is 0 Å². The molecule has 1 fully saturated rings. The summed E-state index contributed by atoms with van der Waals surface area (Å²) in [5, 5.41) is 3.91. The predicted octanol–water partition coefficient (Wildman–Crippen LogP) is 2.50. The smallest absolute Gasteiger partial charge is 0.253 e. The van der Waals surface area contributed by atoms with Crippen molar-refractivity contribution in [2.75, 3.05) is 26.2 Å². The van der Waals surface area contributed by atoms with Crippen molar-refractivity contribution in [2.45, 2.75) is 46.0 Å². The summed E-state index contributed by atoms with van der Waals surface area (Å²) in [6.45, 7) is 6.38.